The van der Waals surface area contributed by atoms with Crippen molar-refractivity contribution < 1.29 is 62.2 Å². The van der Waals surface area contributed by atoms with Crippen molar-refractivity contribution in [3.05, 3.63) is 67.6 Å². The largest absolute Gasteiger partial charge is 1.00 e. The van der Waals surface area contributed by atoms with Crippen LogP contribution in [0.4, 0.5) is 0 Å². The van der Waals surface area contributed by atoms with E-state index in [9.17, 15) is 9.59 Å². The van der Waals surface area contributed by atoms with Crippen molar-refractivity contribution in [2.75, 3.05) is 13.2 Å². The van der Waals surface area contributed by atoms with Crippen LogP contribution in [0.25, 0.3) is 0 Å². The van der Waals surface area contributed by atoms with E-state index in [4.69, 9.17) is 9.47 Å². The zero-order valence-electron chi connectivity index (χ0n) is 39.6. The molecule has 0 spiro atoms. The highest BCUT2D eigenvalue weighted by Crippen LogP contribution is 2.18. The average Bonchev–Trinajstić information content (AvgIpc) is 3.80. The van der Waals surface area contributed by atoms with E-state index in [0.29, 0.717) is 37.2 Å². The number of carbonyl (C=O) groups excluding carboxylic acids is 2. The van der Waals surface area contributed by atoms with Crippen molar-refractivity contribution >= 4 is 34.6 Å². The molecule has 3 aromatic rings. The van der Waals surface area contributed by atoms with Crippen LogP contribution < -0.4 is 43.1 Å². The standard InChI is InChI=1S/C52H86N2O4S2.2BrH/c1-5-7-9-11-13-15-17-19-21-23-25-27-29-31-39-53-43-59-49(45(53)3)37-41-57-51(55)47-33-35-48(36-34-47)52(56)58-42-38-50-46(4)54(44-60-50)40-32-30-28-26-24-22-20-18-16-14-12-10-8-6-2;;/h33-36,43-44H,5-32,37-42H2,1-4H3;2*1H/q+2;;/p-2. The summed E-state index contributed by atoms with van der Waals surface area (Å²) in [6.45, 7) is 11.7. The van der Waals surface area contributed by atoms with Gasteiger partial charge in [0.2, 0.25) is 11.0 Å². The summed E-state index contributed by atoms with van der Waals surface area (Å²) >= 11 is 3.50. The van der Waals surface area contributed by atoms with Gasteiger partial charge in [0.15, 0.2) is 11.4 Å². The number of halogens is 2. The number of hydrogen-bond donors (Lipinski definition) is 0. The Balaban J connectivity index is 0.00000961. The molecule has 0 saturated heterocycles. The van der Waals surface area contributed by atoms with Crippen LogP contribution in [0.3, 0.4) is 0 Å². The van der Waals surface area contributed by atoms with Gasteiger partial charge in [-0.25, -0.2) is 9.59 Å². The number of esters is 2. The van der Waals surface area contributed by atoms with Crippen LogP contribution in [-0.4, -0.2) is 25.2 Å². The third-order valence-electron chi connectivity index (χ3n) is 12.3. The quantitative estimate of drug-likeness (QED) is 0.0328. The third kappa shape index (κ3) is 25.8. The molecule has 0 saturated carbocycles. The second kappa shape index (κ2) is 38.6. The lowest BCUT2D eigenvalue weighted by Gasteiger charge is -2.06. The molecule has 0 amide bonds. The zero-order chi connectivity index (χ0) is 42.9. The highest BCUT2D eigenvalue weighted by Gasteiger charge is 2.18. The summed E-state index contributed by atoms with van der Waals surface area (Å²) in [7, 11) is 0. The molecule has 2 aromatic heterocycles. The maximum absolute atomic E-state index is 12.8. The molecule has 0 atom stereocenters. The molecule has 0 radical (unpaired) electrons. The average molecular weight is 1030 g/mol. The second-order valence-corrected chi connectivity index (χ2v) is 19.3. The van der Waals surface area contributed by atoms with Crippen molar-refractivity contribution in [1.82, 2.24) is 0 Å². The number of carbonyl (C=O) groups is 2. The van der Waals surface area contributed by atoms with E-state index in [1.165, 1.54) is 201 Å². The molecule has 0 aliphatic heterocycles. The Hall–Kier alpha value is -1.62. The van der Waals surface area contributed by atoms with E-state index in [2.05, 4.69) is 47.9 Å². The van der Waals surface area contributed by atoms with Gasteiger partial charge in [0.25, 0.3) is 0 Å². The Morgan fingerprint density at radius 1 is 0.435 bits per heavy atom. The van der Waals surface area contributed by atoms with Gasteiger partial charge in [-0.05, 0) is 37.1 Å². The molecule has 0 bridgehead atoms. The van der Waals surface area contributed by atoms with Gasteiger partial charge in [0, 0.05) is 39.5 Å². The van der Waals surface area contributed by atoms with Crippen LogP contribution in [0.15, 0.2) is 35.3 Å². The van der Waals surface area contributed by atoms with Crippen molar-refractivity contribution in [1.29, 1.82) is 0 Å². The van der Waals surface area contributed by atoms with Crippen molar-refractivity contribution in [2.45, 2.75) is 233 Å². The minimum absolute atomic E-state index is 0. The van der Waals surface area contributed by atoms with E-state index >= 15 is 0 Å². The normalized spacial score (nSPS) is 11.0. The van der Waals surface area contributed by atoms with Gasteiger partial charge >= 0.3 is 11.9 Å². The molecule has 0 unspecified atom stereocenters. The molecule has 1 aromatic carbocycles. The SMILES string of the molecule is CCCCCCCCCCCCCCCC[n+]1csc(CCOC(=O)c2ccc(C(=O)OCCc3sc[n+](CCCCCCCCCCCCCCCC)c3C)cc2)c1C.[Br-].[Br-]. The Bertz CT molecular complexity index is 1430. The topological polar surface area (TPSA) is 60.4 Å². The molecule has 0 N–H and O–H groups in total. The number of aryl methyl sites for hydroxylation is 2. The lowest BCUT2D eigenvalue weighted by atomic mass is 10.0. The maximum Gasteiger partial charge on any atom is 0.338 e. The zero-order valence-corrected chi connectivity index (χ0v) is 44.4. The number of nitrogens with zero attached hydrogens (tertiary/aromatic N) is 2. The summed E-state index contributed by atoms with van der Waals surface area (Å²) in [6.07, 6.45) is 39.9. The highest BCUT2D eigenvalue weighted by atomic mass is 79.9. The molecule has 2 heterocycles. The fraction of sp³-hybridized carbons (Fsp3) is 0.731. The fourth-order valence-corrected chi connectivity index (χ4v) is 10.2. The Kier molecular flexibility index (Phi) is 36.4. The molecular weight excluding hydrogens is 941 g/mol. The third-order valence-corrected chi connectivity index (χ3v) is 14.6. The summed E-state index contributed by atoms with van der Waals surface area (Å²) in [5, 5.41) is 0. The monoisotopic (exact) mass is 1020 g/mol. The number of ether oxygens (including phenoxy) is 2. The Labute approximate surface area is 408 Å². The number of rotatable bonds is 38. The molecule has 354 valence electrons. The van der Waals surface area contributed by atoms with Gasteiger partial charge in [0.1, 0.15) is 13.1 Å². The lowest BCUT2D eigenvalue weighted by molar-refractivity contribution is -0.698. The first-order chi connectivity index (χ1) is 29.4. The summed E-state index contributed by atoms with van der Waals surface area (Å²) < 4.78 is 16.0. The predicted octanol–water partition coefficient (Wildman–Crippen LogP) is 8.77. The summed E-state index contributed by atoms with van der Waals surface area (Å²) in [4.78, 5) is 28.1. The Morgan fingerprint density at radius 2 is 0.694 bits per heavy atom. The molecule has 0 fully saturated rings. The second-order valence-electron chi connectivity index (χ2n) is 17.4. The number of benzene rings is 1. The van der Waals surface area contributed by atoms with E-state index in [1.807, 2.05) is 0 Å². The highest BCUT2D eigenvalue weighted by molar-refractivity contribution is 7.09. The van der Waals surface area contributed by atoms with Gasteiger partial charge in [-0.3, -0.25) is 0 Å². The van der Waals surface area contributed by atoms with Crippen LogP contribution in [0, 0.1) is 13.8 Å². The van der Waals surface area contributed by atoms with E-state index < -0.39 is 0 Å². The maximum atomic E-state index is 12.8. The number of thiazole rings is 2. The summed E-state index contributed by atoms with van der Waals surface area (Å²) in [5.41, 5.74) is 7.88. The van der Waals surface area contributed by atoms with Crippen LogP contribution in [0.5, 0.6) is 0 Å². The minimum Gasteiger partial charge on any atom is -1.00 e. The number of unbranched alkanes of at least 4 members (excludes halogenated alkanes) is 26. The van der Waals surface area contributed by atoms with Crippen molar-refractivity contribution in [3.63, 3.8) is 0 Å². The first-order valence-corrected chi connectivity index (χ1v) is 26.6. The predicted molar refractivity (Wildman–Crippen MR) is 254 cm³/mol. The van der Waals surface area contributed by atoms with E-state index in [0.717, 1.165) is 13.1 Å². The first kappa shape index (κ1) is 58.4. The fourth-order valence-electron chi connectivity index (χ4n) is 8.16. The van der Waals surface area contributed by atoms with Gasteiger partial charge in [-0.1, -0.05) is 191 Å². The molecule has 62 heavy (non-hydrogen) atoms. The molecule has 10 heteroatoms. The van der Waals surface area contributed by atoms with Crippen molar-refractivity contribution in [3.8, 4) is 0 Å². The van der Waals surface area contributed by atoms with Gasteiger partial charge in [-0.2, -0.15) is 9.13 Å². The molecule has 0 aliphatic carbocycles. The molecule has 6 nitrogen and oxygen atoms in total. The van der Waals surface area contributed by atoms with Crippen LogP contribution in [0.1, 0.15) is 235 Å². The van der Waals surface area contributed by atoms with Crippen LogP contribution >= 0.6 is 22.7 Å². The van der Waals surface area contributed by atoms with Gasteiger partial charge < -0.3 is 43.4 Å². The van der Waals surface area contributed by atoms with E-state index in [1.54, 1.807) is 46.9 Å². The number of aromatic nitrogens is 2. The molecule has 0 aliphatic rings. The van der Waals surface area contributed by atoms with E-state index in [-0.39, 0.29) is 45.9 Å². The first-order valence-electron chi connectivity index (χ1n) is 24.8. The molecular formula is C52H86Br2N2O4S2. The molecule has 3 rings (SSSR count). The summed E-state index contributed by atoms with van der Waals surface area (Å²) in [6, 6.07) is 6.62. The van der Waals surface area contributed by atoms with Crippen molar-refractivity contribution in [2.24, 2.45) is 0 Å². The smallest absolute Gasteiger partial charge is 0.338 e. The van der Waals surface area contributed by atoms with Gasteiger partial charge in [-0.15, -0.1) is 0 Å². The lowest BCUT2D eigenvalue weighted by Crippen LogP contribution is -3.00. The van der Waals surface area contributed by atoms with Gasteiger partial charge in [0.05, 0.1) is 34.1 Å². The van der Waals surface area contributed by atoms with Crippen LogP contribution in [-0.2, 0) is 35.4 Å². The number of hydrogen-bond acceptors (Lipinski definition) is 6. The Morgan fingerprint density at radius 3 is 0.968 bits per heavy atom. The van der Waals surface area contributed by atoms with Crippen LogP contribution in [0.2, 0.25) is 0 Å². The summed E-state index contributed by atoms with van der Waals surface area (Å²) in [5.74, 6) is -0.732. The minimum atomic E-state index is -0.366.